The van der Waals surface area contributed by atoms with Crippen molar-refractivity contribution in [3.63, 3.8) is 0 Å². The molecule has 0 aliphatic heterocycles. The number of carbonyl (C=O) groups excluding carboxylic acids is 1. The second-order valence-electron chi connectivity index (χ2n) is 2.97. The number of rotatable bonds is 4. The standard InChI is InChI=1S/C10H12N2O4/c1-16-6-10(15)12-11-5-7-2-3-8(13)4-9(7)14/h2-5,13-14H,6H2,1H3,(H,12,15)/b11-5-. The summed E-state index contributed by atoms with van der Waals surface area (Å²) in [5.74, 6) is -0.556. The number of methoxy groups -OCH3 is 1. The second-order valence-corrected chi connectivity index (χ2v) is 2.97. The van der Waals surface area contributed by atoms with Crippen molar-refractivity contribution in [2.24, 2.45) is 5.10 Å². The van der Waals surface area contributed by atoms with Gasteiger partial charge in [-0.3, -0.25) is 4.79 Å². The molecule has 1 aromatic carbocycles. The molecule has 3 N–H and O–H groups in total. The van der Waals surface area contributed by atoms with Crippen LogP contribution in [0.1, 0.15) is 5.56 Å². The van der Waals surface area contributed by atoms with Gasteiger partial charge in [-0.2, -0.15) is 5.10 Å². The zero-order chi connectivity index (χ0) is 12.0. The van der Waals surface area contributed by atoms with Crippen molar-refractivity contribution in [3.8, 4) is 11.5 Å². The molecule has 0 spiro atoms. The van der Waals surface area contributed by atoms with Crippen LogP contribution in [0.2, 0.25) is 0 Å². The summed E-state index contributed by atoms with van der Waals surface area (Å²) in [7, 11) is 1.40. The Morgan fingerprint density at radius 3 is 2.94 bits per heavy atom. The van der Waals surface area contributed by atoms with Gasteiger partial charge >= 0.3 is 0 Å². The lowest BCUT2D eigenvalue weighted by molar-refractivity contribution is -0.124. The number of phenols is 2. The molecule has 6 heteroatoms. The van der Waals surface area contributed by atoms with E-state index >= 15 is 0 Å². The van der Waals surface area contributed by atoms with Gasteiger partial charge in [0, 0.05) is 18.7 Å². The zero-order valence-corrected chi connectivity index (χ0v) is 8.67. The van der Waals surface area contributed by atoms with Gasteiger partial charge in [0.2, 0.25) is 0 Å². The van der Waals surface area contributed by atoms with E-state index in [0.29, 0.717) is 5.56 Å². The number of hydrogen-bond donors (Lipinski definition) is 3. The number of ether oxygens (including phenoxy) is 1. The zero-order valence-electron chi connectivity index (χ0n) is 8.67. The molecule has 1 amide bonds. The van der Waals surface area contributed by atoms with E-state index in [-0.39, 0.29) is 18.1 Å². The van der Waals surface area contributed by atoms with Crippen LogP contribution in [0.5, 0.6) is 11.5 Å². The van der Waals surface area contributed by atoms with Crippen LogP contribution in [0.3, 0.4) is 0 Å². The summed E-state index contributed by atoms with van der Waals surface area (Å²) >= 11 is 0. The van der Waals surface area contributed by atoms with Gasteiger partial charge in [-0.05, 0) is 12.1 Å². The van der Waals surface area contributed by atoms with Crippen LogP contribution in [-0.4, -0.2) is 36.1 Å². The number of carbonyl (C=O) groups is 1. The molecule has 0 aromatic heterocycles. The van der Waals surface area contributed by atoms with Crippen molar-refractivity contribution in [3.05, 3.63) is 23.8 Å². The van der Waals surface area contributed by atoms with Crippen LogP contribution in [0.25, 0.3) is 0 Å². The maximum Gasteiger partial charge on any atom is 0.266 e. The Morgan fingerprint density at radius 1 is 1.56 bits per heavy atom. The van der Waals surface area contributed by atoms with Gasteiger partial charge in [-0.25, -0.2) is 5.43 Å². The molecule has 1 aromatic rings. The Hall–Kier alpha value is -2.08. The monoisotopic (exact) mass is 224 g/mol. The van der Waals surface area contributed by atoms with Crippen molar-refractivity contribution in [2.45, 2.75) is 0 Å². The van der Waals surface area contributed by atoms with Crippen molar-refractivity contribution in [1.29, 1.82) is 0 Å². The van der Waals surface area contributed by atoms with Gasteiger partial charge in [0.1, 0.15) is 18.1 Å². The van der Waals surface area contributed by atoms with Gasteiger partial charge in [-0.1, -0.05) is 0 Å². The number of nitrogens with zero attached hydrogens (tertiary/aromatic N) is 1. The Labute approximate surface area is 92.2 Å². The first-order valence-corrected chi connectivity index (χ1v) is 4.46. The summed E-state index contributed by atoms with van der Waals surface area (Å²) in [4.78, 5) is 10.9. The van der Waals surface area contributed by atoms with E-state index in [1.54, 1.807) is 0 Å². The molecule has 0 saturated heterocycles. The van der Waals surface area contributed by atoms with Gasteiger partial charge < -0.3 is 14.9 Å². The van der Waals surface area contributed by atoms with Crippen LogP contribution in [0, 0.1) is 0 Å². The highest BCUT2D eigenvalue weighted by molar-refractivity contribution is 5.85. The predicted octanol–water partition coefficient (Wildman–Crippen LogP) is 0.194. The summed E-state index contributed by atoms with van der Waals surface area (Å²) in [5.41, 5.74) is 2.59. The highest BCUT2D eigenvalue weighted by atomic mass is 16.5. The number of nitrogens with one attached hydrogen (secondary N) is 1. The lowest BCUT2D eigenvalue weighted by Gasteiger charge is -2.00. The summed E-state index contributed by atoms with van der Waals surface area (Å²) < 4.78 is 4.58. The van der Waals surface area contributed by atoms with Crippen molar-refractivity contribution < 1.29 is 19.7 Å². The quantitative estimate of drug-likeness (QED) is 0.503. The maximum atomic E-state index is 10.9. The highest BCUT2D eigenvalue weighted by Crippen LogP contribution is 2.20. The molecule has 0 atom stereocenters. The van der Waals surface area contributed by atoms with Gasteiger partial charge in [0.25, 0.3) is 5.91 Å². The third kappa shape index (κ3) is 3.58. The molecular weight excluding hydrogens is 212 g/mol. The number of amides is 1. The molecule has 0 fully saturated rings. The first kappa shape index (κ1) is 12.0. The van der Waals surface area contributed by atoms with E-state index in [2.05, 4.69) is 15.3 Å². The van der Waals surface area contributed by atoms with Gasteiger partial charge in [-0.15, -0.1) is 0 Å². The number of aromatic hydroxyl groups is 2. The van der Waals surface area contributed by atoms with E-state index in [1.807, 2.05) is 0 Å². The van der Waals surface area contributed by atoms with Crippen molar-refractivity contribution >= 4 is 12.1 Å². The van der Waals surface area contributed by atoms with E-state index in [4.69, 9.17) is 5.11 Å². The van der Waals surface area contributed by atoms with Crippen LogP contribution in [0.4, 0.5) is 0 Å². The molecule has 0 saturated carbocycles. The first-order valence-electron chi connectivity index (χ1n) is 4.46. The van der Waals surface area contributed by atoms with E-state index in [1.165, 1.54) is 31.5 Å². The third-order valence-electron chi connectivity index (χ3n) is 1.68. The maximum absolute atomic E-state index is 10.9. The minimum atomic E-state index is -0.392. The van der Waals surface area contributed by atoms with Gasteiger partial charge in [0.05, 0.1) is 6.21 Å². The van der Waals surface area contributed by atoms with E-state index in [0.717, 1.165) is 0 Å². The Morgan fingerprint density at radius 2 is 2.31 bits per heavy atom. The molecule has 0 radical (unpaired) electrons. The van der Waals surface area contributed by atoms with E-state index < -0.39 is 5.91 Å². The smallest absolute Gasteiger partial charge is 0.266 e. The minimum absolute atomic E-state index is 0.0435. The first-order chi connectivity index (χ1) is 7.63. The highest BCUT2D eigenvalue weighted by Gasteiger charge is 2.00. The normalized spacial score (nSPS) is 10.6. The Bertz CT molecular complexity index is 404. The fourth-order valence-corrected chi connectivity index (χ4v) is 0.978. The van der Waals surface area contributed by atoms with Crippen LogP contribution < -0.4 is 5.43 Å². The summed E-state index contributed by atoms with van der Waals surface area (Å²) in [6.07, 6.45) is 1.27. The SMILES string of the molecule is COCC(=O)N/N=C\c1ccc(O)cc1O. The molecule has 6 nitrogen and oxygen atoms in total. The number of phenolic OH excluding ortho intramolecular Hbond substituents is 2. The largest absolute Gasteiger partial charge is 0.508 e. The van der Waals surface area contributed by atoms with Crippen molar-refractivity contribution in [1.82, 2.24) is 5.43 Å². The van der Waals surface area contributed by atoms with Crippen LogP contribution in [0.15, 0.2) is 23.3 Å². The topological polar surface area (TPSA) is 91.2 Å². The fourth-order valence-electron chi connectivity index (χ4n) is 0.978. The molecule has 16 heavy (non-hydrogen) atoms. The lowest BCUT2D eigenvalue weighted by atomic mass is 10.2. The second kappa shape index (κ2) is 5.72. The average Bonchev–Trinajstić information content (AvgIpc) is 2.22. The number of hydrogen-bond acceptors (Lipinski definition) is 5. The number of hydrazone groups is 1. The molecule has 86 valence electrons. The molecule has 0 aliphatic rings. The summed E-state index contributed by atoms with van der Waals surface area (Å²) in [5, 5.41) is 22.0. The van der Waals surface area contributed by atoms with Gasteiger partial charge in [0.15, 0.2) is 0 Å². The summed E-state index contributed by atoms with van der Waals surface area (Å²) in [6.45, 7) is -0.0844. The van der Waals surface area contributed by atoms with Crippen molar-refractivity contribution in [2.75, 3.05) is 13.7 Å². The van der Waals surface area contributed by atoms with E-state index in [9.17, 15) is 9.90 Å². The molecular formula is C10H12N2O4. The summed E-state index contributed by atoms with van der Waals surface area (Å²) in [6, 6.07) is 4.05. The molecule has 0 aliphatic carbocycles. The minimum Gasteiger partial charge on any atom is -0.508 e. The molecule has 0 unspecified atom stereocenters. The Balaban J connectivity index is 2.59. The van der Waals surface area contributed by atoms with Crippen LogP contribution >= 0.6 is 0 Å². The molecule has 1 rings (SSSR count). The fraction of sp³-hybridized carbons (Fsp3) is 0.200. The number of benzene rings is 1. The van der Waals surface area contributed by atoms with Crippen LogP contribution in [-0.2, 0) is 9.53 Å². The molecule has 0 bridgehead atoms. The Kier molecular flexibility index (Phi) is 4.28. The third-order valence-corrected chi connectivity index (χ3v) is 1.68. The average molecular weight is 224 g/mol. The lowest BCUT2D eigenvalue weighted by Crippen LogP contribution is -2.22. The predicted molar refractivity (Wildman–Crippen MR) is 57.4 cm³/mol. The molecule has 0 heterocycles.